The molecule has 0 radical (unpaired) electrons. The van der Waals surface area contributed by atoms with Gasteiger partial charge in [-0.3, -0.25) is 4.79 Å². The molecule has 4 heteroatoms. The third kappa shape index (κ3) is 2.84. The van der Waals surface area contributed by atoms with Gasteiger partial charge in [-0.25, -0.2) is 0 Å². The Morgan fingerprint density at radius 1 is 1.20 bits per heavy atom. The summed E-state index contributed by atoms with van der Waals surface area (Å²) < 4.78 is 5.75. The fourth-order valence-electron chi connectivity index (χ4n) is 4.22. The fourth-order valence-corrected chi connectivity index (χ4v) is 4.22. The number of nitriles is 1. The Morgan fingerprint density at radius 2 is 1.80 bits per heavy atom. The summed E-state index contributed by atoms with van der Waals surface area (Å²) >= 11 is 0. The lowest BCUT2D eigenvalue weighted by Crippen LogP contribution is -2.34. The van der Waals surface area contributed by atoms with Crippen molar-refractivity contribution in [1.29, 1.82) is 5.26 Å². The van der Waals surface area contributed by atoms with Crippen LogP contribution in [0.3, 0.4) is 0 Å². The largest absolute Gasteiger partial charge is 0.444 e. The Labute approximate surface area is 149 Å². The summed E-state index contributed by atoms with van der Waals surface area (Å²) in [5.41, 5.74) is 11.1. The first-order valence-corrected chi connectivity index (χ1v) is 8.56. The van der Waals surface area contributed by atoms with Crippen molar-refractivity contribution in [2.45, 2.75) is 53.4 Å². The molecule has 4 nitrogen and oxygen atoms in total. The van der Waals surface area contributed by atoms with Gasteiger partial charge in [0.2, 0.25) is 5.88 Å². The second-order valence-corrected chi connectivity index (χ2v) is 8.01. The first-order chi connectivity index (χ1) is 11.6. The van der Waals surface area contributed by atoms with E-state index in [1.54, 1.807) is 0 Å². The van der Waals surface area contributed by atoms with E-state index < -0.39 is 5.92 Å². The summed E-state index contributed by atoms with van der Waals surface area (Å²) in [6.45, 7) is 10.2. The van der Waals surface area contributed by atoms with E-state index in [1.165, 1.54) is 0 Å². The molecule has 1 atom stereocenters. The molecule has 0 spiro atoms. The van der Waals surface area contributed by atoms with Crippen LogP contribution in [0.25, 0.3) is 0 Å². The summed E-state index contributed by atoms with van der Waals surface area (Å²) in [5.74, 6) is 0.368. The van der Waals surface area contributed by atoms with E-state index in [0.29, 0.717) is 29.7 Å². The van der Waals surface area contributed by atoms with E-state index in [9.17, 15) is 10.1 Å². The average Bonchev–Trinajstić information content (AvgIpc) is 2.43. The van der Waals surface area contributed by atoms with Gasteiger partial charge >= 0.3 is 0 Å². The number of nitrogens with two attached hydrogens (primary N) is 1. The lowest BCUT2D eigenvalue weighted by atomic mass is 9.69. The minimum atomic E-state index is -0.432. The molecule has 25 heavy (non-hydrogen) atoms. The van der Waals surface area contributed by atoms with Gasteiger partial charge in [-0.1, -0.05) is 31.5 Å². The number of nitrogens with zero attached hydrogens (tertiary/aromatic N) is 1. The smallest absolute Gasteiger partial charge is 0.205 e. The Kier molecular flexibility index (Phi) is 3.99. The number of allylic oxidation sites excluding steroid dienone is 3. The third-order valence-electron chi connectivity index (χ3n) is 5.10. The molecule has 0 aromatic heterocycles. The zero-order valence-corrected chi connectivity index (χ0v) is 15.5. The number of benzene rings is 1. The topological polar surface area (TPSA) is 76.1 Å². The van der Waals surface area contributed by atoms with Crippen LogP contribution in [-0.2, 0) is 9.53 Å². The average molecular weight is 336 g/mol. The minimum Gasteiger partial charge on any atom is -0.444 e. The molecule has 2 aliphatic rings. The molecule has 3 rings (SSSR count). The molecule has 0 bridgehead atoms. The molecule has 0 saturated carbocycles. The maximum atomic E-state index is 13.0. The summed E-state index contributed by atoms with van der Waals surface area (Å²) in [4.78, 5) is 13.0. The Morgan fingerprint density at radius 3 is 2.36 bits per heavy atom. The lowest BCUT2D eigenvalue weighted by Gasteiger charge is -2.38. The molecule has 1 aliphatic carbocycles. The molecule has 130 valence electrons. The van der Waals surface area contributed by atoms with E-state index in [-0.39, 0.29) is 17.1 Å². The number of hydrogen-bond donors (Lipinski definition) is 1. The van der Waals surface area contributed by atoms with Crippen molar-refractivity contribution >= 4 is 5.78 Å². The molecule has 1 heterocycles. The normalized spacial score (nSPS) is 22.4. The number of rotatable bonds is 1. The van der Waals surface area contributed by atoms with Crippen LogP contribution < -0.4 is 5.73 Å². The van der Waals surface area contributed by atoms with Gasteiger partial charge in [0.05, 0.1) is 5.92 Å². The van der Waals surface area contributed by atoms with Gasteiger partial charge in [0, 0.05) is 18.4 Å². The van der Waals surface area contributed by atoms with Crippen LogP contribution >= 0.6 is 0 Å². The van der Waals surface area contributed by atoms with Crippen molar-refractivity contribution in [1.82, 2.24) is 0 Å². The highest BCUT2D eigenvalue weighted by molar-refractivity contribution is 6.00. The number of carbonyl (C=O) groups is 1. The van der Waals surface area contributed by atoms with E-state index in [4.69, 9.17) is 10.5 Å². The molecule has 2 N–H and O–H groups in total. The summed E-state index contributed by atoms with van der Waals surface area (Å²) in [5, 5.41) is 9.71. The molecule has 1 aromatic carbocycles. The highest BCUT2D eigenvalue weighted by atomic mass is 16.5. The maximum absolute atomic E-state index is 13.0. The summed E-state index contributed by atoms with van der Waals surface area (Å²) in [7, 11) is 0. The van der Waals surface area contributed by atoms with Crippen LogP contribution in [0.2, 0.25) is 0 Å². The Hall–Kier alpha value is -2.54. The van der Waals surface area contributed by atoms with Crippen molar-refractivity contribution in [2.24, 2.45) is 11.1 Å². The van der Waals surface area contributed by atoms with Gasteiger partial charge in [-0.05, 0) is 42.9 Å². The molecular weight excluding hydrogens is 312 g/mol. The molecule has 1 aliphatic heterocycles. The molecule has 0 fully saturated rings. The van der Waals surface area contributed by atoms with Crippen molar-refractivity contribution in [3.63, 3.8) is 0 Å². The predicted molar refractivity (Wildman–Crippen MR) is 96.4 cm³/mol. The fraction of sp³-hybridized carbons (Fsp3) is 0.429. The van der Waals surface area contributed by atoms with Crippen LogP contribution in [0.4, 0.5) is 0 Å². The first kappa shape index (κ1) is 17.3. The summed E-state index contributed by atoms with van der Waals surface area (Å²) in [6.07, 6.45) is 1.10. The Balaban J connectivity index is 2.28. The second kappa shape index (κ2) is 5.77. The van der Waals surface area contributed by atoms with Crippen molar-refractivity contribution in [3.05, 3.63) is 57.2 Å². The molecular formula is C21H24N2O2. The number of ketones is 1. The number of aryl methyl sites for hydroxylation is 3. The van der Waals surface area contributed by atoms with Gasteiger partial charge in [-0.15, -0.1) is 0 Å². The molecule has 0 saturated heterocycles. The molecule has 1 unspecified atom stereocenters. The van der Waals surface area contributed by atoms with Gasteiger partial charge in [-0.2, -0.15) is 5.26 Å². The number of Topliss-reactive ketones (excluding diaryl/α,β-unsaturated/α-hetero) is 1. The van der Waals surface area contributed by atoms with E-state index in [1.807, 2.05) is 20.8 Å². The van der Waals surface area contributed by atoms with E-state index in [0.717, 1.165) is 22.3 Å². The maximum Gasteiger partial charge on any atom is 0.205 e. The third-order valence-corrected chi connectivity index (χ3v) is 5.10. The zero-order valence-electron chi connectivity index (χ0n) is 15.5. The predicted octanol–water partition coefficient (Wildman–Crippen LogP) is 4.06. The van der Waals surface area contributed by atoms with Crippen molar-refractivity contribution in [3.8, 4) is 6.07 Å². The van der Waals surface area contributed by atoms with Crippen LogP contribution in [0.15, 0.2) is 34.9 Å². The quantitative estimate of drug-likeness (QED) is 0.839. The standard InChI is InChI=1S/C21H24N2O2/c1-11-6-12(2)17(13(3)7-11)18-14(10-22)20(23)25-16-9-21(4,5)8-15(24)19(16)18/h6-7,18H,8-9,23H2,1-5H3. The van der Waals surface area contributed by atoms with Crippen LogP contribution in [0, 0.1) is 37.5 Å². The van der Waals surface area contributed by atoms with Gasteiger partial charge in [0.15, 0.2) is 5.78 Å². The number of carbonyl (C=O) groups excluding carboxylic acids is 1. The van der Waals surface area contributed by atoms with Crippen LogP contribution in [-0.4, -0.2) is 5.78 Å². The monoisotopic (exact) mass is 336 g/mol. The van der Waals surface area contributed by atoms with Crippen molar-refractivity contribution < 1.29 is 9.53 Å². The molecule has 1 aromatic rings. The van der Waals surface area contributed by atoms with Gasteiger partial charge < -0.3 is 10.5 Å². The zero-order chi connectivity index (χ0) is 18.5. The number of ether oxygens (including phenoxy) is 1. The van der Waals surface area contributed by atoms with E-state index >= 15 is 0 Å². The highest BCUT2D eigenvalue weighted by Gasteiger charge is 2.43. The number of hydrogen-bond acceptors (Lipinski definition) is 4. The van der Waals surface area contributed by atoms with Gasteiger partial charge in [0.1, 0.15) is 17.4 Å². The summed E-state index contributed by atoms with van der Waals surface area (Å²) in [6, 6.07) is 6.36. The van der Waals surface area contributed by atoms with E-state index in [2.05, 4.69) is 32.0 Å². The van der Waals surface area contributed by atoms with Gasteiger partial charge in [0.25, 0.3) is 0 Å². The lowest BCUT2D eigenvalue weighted by molar-refractivity contribution is -0.119. The SMILES string of the molecule is Cc1cc(C)c(C2C(C#N)=C(N)OC3=C2C(=O)CC(C)(C)C3)c(C)c1. The molecule has 0 amide bonds. The Bertz CT molecular complexity index is 859. The minimum absolute atomic E-state index is 0.0517. The second-order valence-electron chi connectivity index (χ2n) is 8.01. The van der Waals surface area contributed by atoms with Crippen LogP contribution in [0.5, 0.6) is 0 Å². The first-order valence-electron chi connectivity index (χ1n) is 8.56. The highest BCUT2D eigenvalue weighted by Crippen LogP contribution is 2.49. The van der Waals surface area contributed by atoms with Crippen LogP contribution in [0.1, 0.15) is 54.9 Å². The van der Waals surface area contributed by atoms with Crippen molar-refractivity contribution in [2.75, 3.05) is 0 Å².